The summed E-state index contributed by atoms with van der Waals surface area (Å²) < 4.78 is 1.12. The van der Waals surface area contributed by atoms with Crippen LogP contribution >= 0.6 is 15.9 Å². The van der Waals surface area contributed by atoms with Crippen molar-refractivity contribution >= 4 is 21.6 Å². The number of halogens is 1. The molecule has 1 heterocycles. The maximum atomic E-state index is 4.34. The minimum absolute atomic E-state index is 0.200. The fourth-order valence-electron chi connectivity index (χ4n) is 1.64. The summed E-state index contributed by atoms with van der Waals surface area (Å²) >= 11 is 3.54. The molecule has 17 heavy (non-hydrogen) atoms. The van der Waals surface area contributed by atoms with Gasteiger partial charge in [0.15, 0.2) is 0 Å². The van der Waals surface area contributed by atoms with E-state index in [-0.39, 0.29) is 6.04 Å². The van der Waals surface area contributed by atoms with Crippen LogP contribution in [0.2, 0.25) is 0 Å². The predicted octanol–water partition coefficient (Wildman–Crippen LogP) is 4.33. The van der Waals surface area contributed by atoms with Gasteiger partial charge in [-0.1, -0.05) is 28.1 Å². The molecule has 0 radical (unpaired) electrons. The molecular weight excluding hydrogens is 276 g/mol. The Kier molecular flexibility index (Phi) is 3.79. The van der Waals surface area contributed by atoms with Gasteiger partial charge in [0, 0.05) is 16.4 Å². The third-order valence-electron chi connectivity index (χ3n) is 2.69. The van der Waals surface area contributed by atoms with Gasteiger partial charge >= 0.3 is 0 Å². The summed E-state index contributed by atoms with van der Waals surface area (Å²) in [6, 6.07) is 12.4. The summed E-state index contributed by atoms with van der Waals surface area (Å²) in [6.07, 6.45) is 1.82. The zero-order valence-electron chi connectivity index (χ0n) is 9.94. The van der Waals surface area contributed by atoms with Gasteiger partial charge < -0.3 is 5.32 Å². The quantitative estimate of drug-likeness (QED) is 0.910. The zero-order chi connectivity index (χ0) is 12.3. The van der Waals surface area contributed by atoms with E-state index in [1.807, 2.05) is 24.4 Å². The first-order valence-corrected chi connectivity index (χ1v) is 6.40. The van der Waals surface area contributed by atoms with Gasteiger partial charge in [-0.3, -0.25) is 4.98 Å². The topological polar surface area (TPSA) is 24.9 Å². The SMILES string of the molecule is Cc1ccc(NC(C)c2ccccn2)cc1Br. The Morgan fingerprint density at radius 2 is 2.06 bits per heavy atom. The van der Waals surface area contributed by atoms with Crippen LogP contribution in [0.3, 0.4) is 0 Å². The summed E-state index contributed by atoms with van der Waals surface area (Å²) in [5.41, 5.74) is 3.38. The first-order valence-electron chi connectivity index (χ1n) is 5.60. The number of nitrogens with one attached hydrogen (secondary N) is 1. The van der Waals surface area contributed by atoms with Crippen LogP contribution in [0.5, 0.6) is 0 Å². The van der Waals surface area contributed by atoms with Gasteiger partial charge in [-0.2, -0.15) is 0 Å². The lowest BCUT2D eigenvalue weighted by molar-refractivity contribution is 0.839. The van der Waals surface area contributed by atoms with Crippen molar-refractivity contribution in [2.75, 3.05) is 5.32 Å². The van der Waals surface area contributed by atoms with E-state index in [0.29, 0.717) is 0 Å². The van der Waals surface area contributed by atoms with Crippen molar-refractivity contribution < 1.29 is 0 Å². The molecule has 2 rings (SSSR count). The maximum Gasteiger partial charge on any atom is 0.0657 e. The molecule has 0 bridgehead atoms. The third kappa shape index (κ3) is 3.07. The summed E-state index contributed by atoms with van der Waals surface area (Å²) in [4.78, 5) is 4.34. The smallest absolute Gasteiger partial charge is 0.0657 e. The molecule has 0 aliphatic heterocycles. The minimum atomic E-state index is 0.200. The first kappa shape index (κ1) is 12.1. The van der Waals surface area contributed by atoms with Crippen LogP contribution in [-0.4, -0.2) is 4.98 Å². The van der Waals surface area contributed by atoms with Crippen molar-refractivity contribution in [1.82, 2.24) is 4.98 Å². The molecule has 0 aliphatic carbocycles. The second-order valence-corrected chi connectivity index (χ2v) is 4.94. The van der Waals surface area contributed by atoms with E-state index in [2.05, 4.69) is 58.3 Å². The number of aryl methyl sites for hydroxylation is 1. The normalized spacial score (nSPS) is 12.2. The molecule has 0 saturated carbocycles. The minimum Gasteiger partial charge on any atom is -0.377 e. The second kappa shape index (κ2) is 5.32. The fraction of sp³-hybridized carbons (Fsp3) is 0.214. The van der Waals surface area contributed by atoms with E-state index in [1.54, 1.807) is 0 Å². The molecule has 1 atom stereocenters. The average Bonchev–Trinajstić information content (AvgIpc) is 2.35. The van der Waals surface area contributed by atoms with Gasteiger partial charge in [-0.05, 0) is 43.7 Å². The van der Waals surface area contributed by atoms with Crippen molar-refractivity contribution in [2.45, 2.75) is 19.9 Å². The van der Waals surface area contributed by atoms with E-state index in [9.17, 15) is 0 Å². The number of nitrogens with zero attached hydrogens (tertiary/aromatic N) is 1. The van der Waals surface area contributed by atoms with E-state index in [0.717, 1.165) is 15.9 Å². The highest BCUT2D eigenvalue weighted by molar-refractivity contribution is 9.10. The lowest BCUT2D eigenvalue weighted by Gasteiger charge is -2.15. The molecule has 0 aliphatic rings. The van der Waals surface area contributed by atoms with Crippen molar-refractivity contribution in [3.63, 3.8) is 0 Å². The number of pyridine rings is 1. The monoisotopic (exact) mass is 290 g/mol. The van der Waals surface area contributed by atoms with Crippen molar-refractivity contribution in [3.05, 3.63) is 58.3 Å². The molecule has 0 spiro atoms. The van der Waals surface area contributed by atoms with Gasteiger partial charge in [0.2, 0.25) is 0 Å². The molecular formula is C14H15BrN2. The van der Waals surface area contributed by atoms with E-state index >= 15 is 0 Å². The highest BCUT2D eigenvalue weighted by atomic mass is 79.9. The number of benzene rings is 1. The molecule has 0 amide bonds. The molecule has 1 unspecified atom stereocenters. The van der Waals surface area contributed by atoms with Crippen LogP contribution in [0, 0.1) is 6.92 Å². The van der Waals surface area contributed by atoms with Gasteiger partial charge in [0.25, 0.3) is 0 Å². The van der Waals surface area contributed by atoms with E-state index < -0.39 is 0 Å². The highest BCUT2D eigenvalue weighted by Gasteiger charge is 2.06. The van der Waals surface area contributed by atoms with Gasteiger partial charge in [0.05, 0.1) is 11.7 Å². The first-order chi connectivity index (χ1) is 8.16. The average molecular weight is 291 g/mol. The number of hydrogen-bond donors (Lipinski definition) is 1. The third-order valence-corrected chi connectivity index (χ3v) is 3.54. The summed E-state index contributed by atoms with van der Waals surface area (Å²) in [7, 11) is 0. The second-order valence-electron chi connectivity index (χ2n) is 4.08. The van der Waals surface area contributed by atoms with Crippen LogP contribution < -0.4 is 5.32 Å². The highest BCUT2D eigenvalue weighted by Crippen LogP contribution is 2.23. The summed E-state index contributed by atoms with van der Waals surface area (Å²) in [6.45, 7) is 4.19. The molecule has 88 valence electrons. The lowest BCUT2D eigenvalue weighted by Crippen LogP contribution is -2.08. The lowest BCUT2D eigenvalue weighted by atomic mass is 10.2. The zero-order valence-corrected chi connectivity index (χ0v) is 11.5. The Bertz CT molecular complexity index is 497. The van der Waals surface area contributed by atoms with E-state index in [4.69, 9.17) is 0 Å². The van der Waals surface area contributed by atoms with Crippen LogP contribution in [-0.2, 0) is 0 Å². The van der Waals surface area contributed by atoms with Gasteiger partial charge in [-0.15, -0.1) is 0 Å². The predicted molar refractivity (Wildman–Crippen MR) is 75.2 cm³/mol. The molecule has 0 fully saturated rings. The Morgan fingerprint density at radius 3 is 2.71 bits per heavy atom. The molecule has 1 aromatic heterocycles. The Labute approximate surface area is 110 Å². The molecule has 1 N–H and O–H groups in total. The van der Waals surface area contributed by atoms with Crippen molar-refractivity contribution in [3.8, 4) is 0 Å². The van der Waals surface area contributed by atoms with Crippen LogP contribution in [0.15, 0.2) is 47.1 Å². The molecule has 0 saturated heterocycles. The van der Waals surface area contributed by atoms with Crippen LogP contribution in [0.4, 0.5) is 5.69 Å². The fourth-order valence-corrected chi connectivity index (χ4v) is 2.02. The van der Waals surface area contributed by atoms with Crippen LogP contribution in [0.25, 0.3) is 0 Å². The molecule has 2 aromatic rings. The number of anilines is 1. The molecule has 3 heteroatoms. The van der Waals surface area contributed by atoms with Crippen molar-refractivity contribution in [2.24, 2.45) is 0 Å². The molecule has 1 aromatic carbocycles. The number of hydrogen-bond acceptors (Lipinski definition) is 2. The molecule has 2 nitrogen and oxygen atoms in total. The Morgan fingerprint density at radius 1 is 1.24 bits per heavy atom. The Hall–Kier alpha value is -1.35. The van der Waals surface area contributed by atoms with Gasteiger partial charge in [0.1, 0.15) is 0 Å². The van der Waals surface area contributed by atoms with E-state index in [1.165, 1.54) is 5.56 Å². The standard InChI is InChI=1S/C14H15BrN2/c1-10-6-7-12(9-13(10)15)17-11(2)14-5-3-4-8-16-14/h3-9,11,17H,1-2H3. The number of rotatable bonds is 3. The maximum absolute atomic E-state index is 4.34. The summed E-state index contributed by atoms with van der Waals surface area (Å²) in [5.74, 6) is 0. The largest absolute Gasteiger partial charge is 0.377 e. The number of aromatic nitrogens is 1. The summed E-state index contributed by atoms with van der Waals surface area (Å²) in [5, 5.41) is 3.43. The van der Waals surface area contributed by atoms with Crippen LogP contribution in [0.1, 0.15) is 24.2 Å². The van der Waals surface area contributed by atoms with Gasteiger partial charge in [-0.25, -0.2) is 0 Å². The van der Waals surface area contributed by atoms with Crippen molar-refractivity contribution in [1.29, 1.82) is 0 Å². The Balaban J connectivity index is 2.13.